The molecule has 0 aliphatic rings. The van der Waals surface area contributed by atoms with Gasteiger partial charge in [0.25, 0.3) is 0 Å². The van der Waals surface area contributed by atoms with Crippen LogP contribution >= 0.6 is 0 Å². The van der Waals surface area contributed by atoms with Crippen molar-refractivity contribution in [3.8, 4) is 0 Å². The maximum atomic E-state index is 12.7. The summed E-state index contributed by atoms with van der Waals surface area (Å²) in [7, 11) is 0. The number of rotatable bonds is 0. The standard InChI is InChI=1S/C10H12F2.C10H14/c1-10(2,3)7-4-8(11)6-9(12)5-7;1-10(2,3)9-7-5-4-6-8-9/h4-6H,1-3H3;4-8H,1-3H3. The second-order valence-electron chi connectivity index (χ2n) is 7.52. The molecule has 0 spiro atoms. The highest BCUT2D eigenvalue weighted by atomic mass is 19.1. The Morgan fingerprint density at radius 2 is 1.00 bits per heavy atom. The average Bonchev–Trinajstić information content (AvgIpc) is 2.37. The van der Waals surface area contributed by atoms with Crippen LogP contribution < -0.4 is 0 Å². The van der Waals surface area contributed by atoms with Crippen molar-refractivity contribution in [2.45, 2.75) is 52.4 Å². The summed E-state index contributed by atoms with van der Waals surface area (Å²) in [5, 5.41) is 0. The molecule has 2 rings (SSSR count). The third-order valence-electron chi connectivity index (χ3n) is 3.37. The molecule has 0 saturated heterocycles. The van der Waals surface area contributed by atoms with Crippen LogP contribution in [0.1, 0.15) is 52.7 Å². The summed E-state index contributed by atoms with van der Waals surface area (Å²) in [6.45, 7) is 12.4. The molecule has 0 unspecified atom stereocenters. The first-order valence-corrected chi connectivity index (χ1v) is 7.52. The van der Waals surface area contributed by atoms with E-state index < -0.39 is 11.6 Å². The van der Waals surface area contributed by atoms with Crippen LogP contribution in [-0.2, 0) is 10.8 Å². The molecule has 0 aliphatic carbocycles. The van der Waals surface area contributed by atoms with E-state index >= 15 is 0 Å². The molecule has 0 radical (unpaired) electrons. The highest BCUT2D eigenvalue weighted by molar-refractivity contribution is 5.24. The first kappa shape index (κ1) is 18.3. The van der Waals surface area contributed by atoms with E-state index in [-0.39, 0.29) is 5.41 Å². The Balaban J connectivity index is 0.000000224. The maximum Gasteiger partial charge on any atom is 0.126 e. The largest absolute Gasteiger partial charge is 0.207 e. The van der Waals surface area contributed by atoms with Gasteiger partial charge in [-0.15, -0.1) is 0 Å². The fourth-order valence-corrected chi connectivity index (χ4v) is 1.92. The lowest BCUT2D eigenvalue weighted by Crippen LogP contribution is -2.11. The predicted octanol–water partition coefficient (Wildman–Crippen LogP) is 6.25. The van der Waals surface area contributed by atoms with Gasteiger partial charge in [0.05, 0.1) is 0 Å². The number of halogens is 2. The highest BCUT2D eigenvalue weighted by Crippen LogP contribution is 2.23. The van der Waals surface area contributed by atoms with Crippen molar-refractivity contribution in [2.24, 2.45) is 0 Å². The molecule has 120 valence electrons. The van der Waals surface area contributed by atoms with E-state index in [1.165, 1.54) is 17.7 Å². The third-order valence-corrected chi connectivity index (χ3v) is 3.37. The molecule has 0 aliphatic heterocycles. The molecule has 2 aromatic rings. The first-order chi connectivity index (χ1) is 10.00. The van der Waals surface area contributed by atoms with Crippen LogP contribution in [0.2, 0.25) is 0 Å². The molecule has 2 heteroatoms. The summed E-state index contributed by atoms with van der Waals surface area (Å²) in [6.07, 6.45) is 0. The molecular formula is C20H26F2. The number of hydrogen-bond acceptors (Lipinski definition) is 0. The van der Waals surface area contributed by atoms with Gasteiger partial charge in [-0.3, -0.25) is 0 Å². The lowest BCUT2D eigenvalue weighted by molar-refractivity contribution is 0.545. The summed E-state index contributed by atoms with van der Waals surface area (Å²) in [5.74, 6) is -1.03. The van der Waals surface area contributed by atoms with E-state index in [1.54, 1.807) is 0 Å². The first-order valence-electron chi connectivity index (χ1n) is 7.52. The van der Waals surface area contributed by atoms with E-state index in [1.807, 2.05) is 20.8 Å². The average molecular weight is 304 g/mol. The molecule has 0 N–H and O–H groups in total. The van der Waals surface area contributed by atoms with Gasteiger partial charge in [0.2, 0.25) is 0 Å². The minimum atomic E-state index is -0.514. The Labute approximate surface area is 133 Å². The van der Waals surface area contributed by atoms with E-state index in [4.69, 9.17) is 0 Å². The summed E-state index contributed by atoms with van der Waals surface area (Å²) < 4.78 is 25.4. The summed E-state index contributed by atoms with van der Waals surface area (Å²) in [4.78, 5) is 0. The zero-order valence-corrected chi connectivity index (χ0v) is 14.4. The second-order valence-corrected chi connectivity index (χ2v) is 7.52. The van der Waals surface area contributed by atoms with Crippen LogP contribution in [0.3, 0.4) is 0 Å². The molecule has 0 fully saturated rings. The quantitative estimate of drug-likeness (QED) is 0.540. The van der Waals surface area contributed by atoms with Crippen molar-refractivity contribution >= 4 is 0 Å². The number of benzene rings is 2. The topological polar surface area (TPSA) is 0 Å². The van der Waals surface area contributed by atoms with Crippen LogP contribution in [0.4, 0.5) is 8.78 Å². The SMILES string of the molecule is CC(C)(C)c1cc(F)cc(F)c1.CC(C)(C)c1ccccc1. The molecule has 0 heterocycles. The van der Waals surface area contributed by atoms with E-state index in [0.29, 0.717) is 11.0 Å². The fourth-order valence-electron chi connectivity index (χ4n) is 1.92. The zero-order valence-electron chi connectivity index (χ0n) is 14.4. The van der Waals surface area contributed by atoms with Crippen LogP contribution in [0.15, 0.2) is 48.5 Å². The van der Waals surface area contributed by atoms with Crippen LogP contribution in [-0.4, -0.2) is 0 Å². The monoisotopic (exact) mass is 304 g/mol. The van der Waals surface area contributed by atoms with Crippen LogP contribution in [0.25, 0.3) is 0 Å². The summed E-state index contributed by atoms with van der Waals surface area (Å²) in [5.41, 5.74) is 2.17. The second kappa shape index (κ2) is 7.04. The molecule has 22 heavy (non-hydrogen) atoms. The molecule has 2 aromatic carbocycles. The third kappa shape index (κ3) is 5.97. The van der Waals surface area contributed by atoms with Gasteiger partial charge >= 0.3 is 0 Å². The summed E-state index contributed by atoms with van der Waals surface area (Å²) >= 11 is 0. The highest BCUT2D eigenvalue weighted by Gasteiger charge is 2.15. The van der Waals surface area contributed by atoms with Crippen LogP contribution in [0, 0.1) is 11.6 Å². The Morgan fingerprint density at radius 3 is 1.32 bits per heavy atom. The molecule has 0 amide bonds. The van der Waals surface area contributed by atoms with Gasteiger partial charge in [0.1, 0.15) is 11.6 Å². The van der Waals surface area contributed by atoms with Gasteiger partial charge < -0.3 is 0 Å². The van der Waals surface area contributed by atoms with Crippen molar-refractivity contribution in [3.63, 3.8) is 0 Å². The van der Waals surface area contributed by atoms with Gasteiger partial charge in [-0.2, -0.15) is 0 Å². The van der Waals surface area contributed by atoms with Crippen LogP contribution in [0.5, 0.6) is 0 Å². The smallest absolute Gasteiger partial charge is 0.126 e. The van der Waals surface area contributed by atoms with Crippen molar-refractivity contribution in [1.29, 1.82) is 0 Å². The minimum absolute atomic E-state index is 0.205. The van der Waals surface area contributed by atoms with Gasteiger partial charge in [-0.05, 0) is 34.1 Å². The Hall–Kier alpha value is -1.70. The van der Waals surface area contributed by atoms with E-state index in [0.717, 1.165) is 6.07 Å². The molecule has 0 bridgehead atoms. The predicted molar refractivity (Wildman–Crippen MR) is 90.2 cm³/mol. The Morgan fingerprint density at radius 1 is 0.591 bits per heavy atom. The summed E-state index contributed by atoms with van der Waals surface area (Å²) in [6, 6.07) is 14.2. The minimum Gasteiger partial charge on any atom is -0.207 e. The zero-order chi connectivity index (χ0) is 17.0. The van der Waals surface area contributed by atoms with Crippen molar-refractivity contribution in [1.82, 2.24) is 0 Å². The Kier molecular flexibility index (Phi) is 5.87. The van der Waals surface area contributed by atoms with E-state index in [9.17, 15) is 8.78 Å². The van der Waals surface area contributed by atoms with Gasteiger partial charge in [0, 0.05) is 6.07 Å². The molecule has 0 atom stereocenters. The van der Waals surface area contributed by atoms with Gasteiger partial charge in [0.15, 0.2) is 0 Å². The van der Waals surface area contributed by atoms with Crippen molar-refractivity contribution < 1.29 is 8.78 Å². The van der Waals surface area contributed by atoms with Crippen molar-refractivity contribution in [2.75, 3.05) is 0 Å². The molecule has 0 nitrogen and oxygen atoms in total. The van der Waals surface area contributed by atoms with Crippen molar-refractivity contribution in [3.05, 3.63) is 71.3 Å². The normalized spacial score (nSPS) is 11.6. The lowest BCUT2D eigenvalue weighted by Gasteiger charge is -2.18. The van der Waals surface area contributed by atoms with Gasteiger partial charge in [-0.25, -0.2) is 8.78 Å². The van der Waals surface area contributed by atoms with E-state index in [2.05, 4.69) is 51.1 Å². The van der Waals surface area contributed by atoms with Gasteiger partial charge in [-0.1, -0.05) is 71.9 Å². The molecular weight excluding hydrogens is 278 g/mol. The fraction of sp³-hybridized carbons (Fsp3) is 0.400. The molecule has 0 aromatic heterocycles. The lowest BCUT2D eigenvalue weighted by atomic mass is 9.87. The Bertz CT molecular complexity index is 567. The maximum absolute atomic E-state index is 12.7. The number of hydrogen-bond donors (Lipinski definition) is 0. The molecule has 0 saturated carbocycles.